The summed E-state index contributed by atoms with van der Waals surface area (Å²) in [6.45, 7) is 0. The Labute approximate surface area is 73.3 Å². The summed E-state index contributed by atoms with van der Waals surface area (Å²) in [5.41, 5.74) is 0. The van der Waals surface area contributed by atoms with Crippen LogP contribution in [0.3, 0.4) is 0 Å². The van der Waals surface area contributed by atoms with E-state index >= 15 is 0 Å². The summed E-state index contributed by atoms with van der Waals surface area (Å²) in [6, 6.07) is 1.73. The Morgan fingerprint density at radius 3 is 2.55 bits per heavy atom. The minimum atomic E-state index is -1.56. The zero-order valence-electron chi connectivity index (χ0n) is 5.14. The van der Waals surface area contributed by atoms with Crippen molar-refractivity contribution in [2.45, 2.75) is 0 Å². The molecule has 0 aliphatic rings. The van der Waals surface area contributed by atoms with E-state index in [2.05, 4.69) is 0 Å². The molecular formula is C6H2AsClF2O. The SMILES string of the molecule is O=[As]c1cc(F)cc(Cl)c1F. The third-order valence-electron chi connectivity index (χ3n) is 1.07. The van der Waals surface area contributed by atoms with Crippen molar-refractivity contribution in [3.05, 3.63) is 28.8 Å². The van der Waals surface area contributed by atoms with Gasteiger partial charge in [-0.1, -0.05) is 0 Å². The monoisotopic (exact) mass is 238 g/mol. The molecule has 0 fully saturated rings. The Kier molecular flexibility index (Phi) is 2.74. The molecule has 0 saturated heterocycles. The topological polar surface area (TPSA) is 17.1 Å². The second-order valence-electron chi connectivity index (χ2n) is 1.81. The van der Waals surface area contributed by atoms with Gasteiger partial charge < -0.3 is 0 Å². The van der Waals surface area contributed by atoms with Crippen molar-refractivity contribution in [2.75, 3.05) is 0 Å². The van der Waals surface area contributed by atoms with E-state index in [-0.39, 0.29) is 9.37 Å². The molecule has 0 unspecified atom stereocenters. The van der Waals surface area contributed by atoms with Crippen molar-refractivity contribution in [1.82, 2.24) is 0 Å². The summed E-state index contributed by atoms with van der Waals surface area (Å²) in [5.74, 6) is -1.46. The van der Waals surface area contributed by atoms with E-state index in [1.165, 1.54) is 0 Å². The van der Waals surface area contributed by atoms with Crippen molar-refractivity contribution >= 4 is 31.6 Å². The van der Waals surface area contributed by atoms with Gasteiger partial charge in [0.2, 0.25) is 0 Å². The molecule has 0 aromatic heterocycles. The summed E-state index contributed by atoms with van der Waals surface area (Å²) in [6.07, 6.45) is 0. The van der Waals surface area contributed by atoms with Gasteiger partial charge in [0.05, 0.1) is 0 Å². The number of halogens is 3. The van der Waals surface area contributed by atoms with Crippen molar-refractivity contribution in [3.8, 4) is 0 Å². The summed E-state index contributed by atoms with van der Waals surface area (Å²) in [5, 5.41) is -0.328. The Morgan fingerprint density at radius 2 is 2.00 bits per heavy atom. The van der Waals surface area contributed by atoms with Crippen molar-refractivity contribution < 1.29 is 12.5 Å². The maximum atomic E-state index is 12.7. The average Bonchev–Trinajstić information content (AvgIpc) is 1.96. The fourth-order valence-corrected chi connectivity index (χ4v) is 1.75. The van der Waals surface area contributed by atoms with Gasteiger partial charge in [-0.3, -0.25) is 0 Å². The van der Waals surface area contributed by atoms with Crippen LogP contribution in [0.15, 0.2) is 12.1 Å². The standard InChI is InChI=1S/C6H2AsClF2O/c8-5-2-3(9)1-4(7-11)6(5)10/h1-2H. The first-order valence-corrected chi connectivity index (χ1v) is 4.71. The predicted molar refractivity (Wildman–Crippen MR) is 37.4 cm³/mol. The fourth-order valence-electron chi connectivity index (χ4n) is 0.609. The Balaban J connectivity index is 3.35. The molecule has 0 N–H and O–H groups in total. The van der Waals surface area contributed by atoms with E-state index in [1.807, 2.05) is 0 Å². The molecule has 11 heavy (non-hydrogen) atoms. The van der Waals surface area contributed by atoms with Crippen molar-refractivity contribution in [3.63, 3.8) is 0 Å². The molecule has 0 aliphatic heterocycles. The third-order valence-corrected chi connectivity index (χ3v) is 2.44. The molecule has 1 nitrogen and oxygen atoms in total. The van der Waals surface area contributed by atoms with Gasteiger partial charge in [0.15, 0.2) is 0 Å². The molecule has 0 aliphatic carbocycles. The van der Waals surface area contributed by atoms with Gasteiger partial charge in [-0.2, -0.15) is 0 Å². The molecule has 1 rings (SSSR count). The van der Waals surface area contributed by atoms with Crippen LogP contribution >= 0.6 is 11.6 Å². The van der Waals surface area contributed by atoms with Gasteiger partial charge in [0.25, 0.3) is 0 Å². The molecule has 0 radical (unpaired) electrons. The Morgan fingerprint density at radius 1 is 1.36 bits per heavy atom. The first-order valence-electron chi connectivity index (χ1n) is 2.63. The molecule has 5 heteroatoms. The second kappa shape index (κ2) is 3.42. The van der Waals surface area contributed by atoms with Gasteiger partial charge in [0.1, 0.15) is 0 Å². The molecule has 58 valence electrons. The van der Waals surface area contributed by atoms with Gasteiger partial charge in [0, 0.05) is 0 Å². The van der Waals surface area contributed by atoms with E-state index in [9.17, 15) is 12.5 Å². The molecule has 1 aromatic carbocycles. The summed E-state index contributed by atoms with van der Waals surface area (Å²) in [7, 11) is 0. The van der Waals surface area contributed by atoms with Crippen LogP contribution in [0.2, 0.25) is 5.02 Å². The average molecular weight is 238 g/mol. The fraction of sp³-hybridized carbons (Fsp3) is 0. The molecule has 0 bridgehead atoms. The van der Waals surface area contributed by atoms with Crippen LogP contribution in [0, 0.1) is 11.6 Å². The number of hydrogen-bond acceptors (Lipinski definition) is 1. The van der Waals surface area contributed by atoms with Crippen LogP contribution in [0.25, 0.3) is 0 Å². The van der Waals surface area contributed by atoms with Crippen LogP contribution in [-0.4, -0.2) is 15.7 Å². The van der Waals surface area contributed by atoms with Crippen molar-refractivity contribution in [1.29, 1.82) is 0 Å². The zero-order valence-corrected chi connectivity index (χ0v) is 7.78. The van der Waals surface area contributed by atoms with Gasteiger partial charge in [-0.15, -0.1) is 0 Å². The van der Waals surface area contributed by atoms with Crippen LogP contribution in [0.4, 0.5) is 8.78 Å². The maximum absolute atomic E-state index is 12.7. The normalized spacial score (nSPS) is 10.5. The Bertz CT molecular complexity index is 303. The van der Waals surface area contributed by atoms with Gasteiger partial charge in [-0.25, -0.2) is 0 Å². The van der Waals surface area contributed by atoms with Crippen LogP contribution < -0.4 is 4.35 Å². The van der Waals surface area contributed by atoms with Gasteiger partial charge in [-0.05, 0) is 0 Å². The van der Waals surface area contributed by atoms with E-state index in [4.69, 9.17) is 11.6 Å². The first kappa shape index (κ1) is 8.82. The van der Waals surface area contributed by atoms with Crippen LogP contribution in [0.1, 0.15) is 0 Å². The minimum absolute atomic E-state index is 0.147. The molecular weight excluding hydrogens is 236 g/mol. The number of rotatable bonds is 1. The molecule has 0 atom stereocenters. The quantitative estimate of drug-likeness (QED) is 0.532. The van der Waals surface area contributed by atoms with E-state index in [1.54, 1.807) is 0 Å². The molecule has 1 aromatic rings. The van der Waals surface area contributed by atoms with Crippen molar-refractivity contribution in [2.24, 2.45) is 0 Å². The number of hydrogen-bond donors (Lipinski definition) is 0. The van der Waals surface area contributed by atoms with E-state index in [0.717, 1.165) is 12.1 Å². The predicted octanol–water partition coefficient (Wildman–Crippen LogP) is 1.29. The molecule has 0 spiro atoms. The van der Waals surface area contributed by atoms with E-state index < -0.39 is 27.3 Å². The molecule has 0 heterocycles. The first-order chi connectivity index (χ1) is 5.15. The van der Waals surface area contributed by atoms with Gasteiger partial charge >= 0.3 is 73.0 Å². The van der Waals surface area contributed by atoms with Crippen LogP contribution in [-0.2, 0) is 3.74 Å². The summed E-state index contributed by atoms with van der Waals surface area (Å²) >= 11 is 3.70. The third kappa shape index (κ3) is 1.85. The summed E-state index contributed by atoms with van der Waals surface area (Å²) in [4.78, 5) is 0. The Hall–Kier alpha value is -0.272. The number of benzene rings is 1. The molecule has 0 amide bonds. The van der Waals surface area contributed by atoms with E-state index in [0.29, 0.717) is 0 Å². The second-order valence-corrected chi connectivity index (χ2v) is 3.61. The van der Waals surface area contributed by atoms with Crippen LogP contribution in [0.5, 0.6) is 0 Å². The summed E-state index contributed by atoms with van der Waals surface area (Å²) < 4.78 is 35.3. The zero-order chi connectivity index (χ0) is 8.43. The molecule has 0 saturated carbocycles.